The summed E-state index contributed by atoms with van der Waals surface area (Å²) < 4.78 is 19.0. The molecule has 0 spiro atoms. The van der Waals surface area contributed by atoms with Crippen LogP contribution >= 0.6 is 11.6 Å². The van der Waals surface area contributed by atoms with Crippen molar-refractivity contribution in [3.05, 3.63) is 59.2 Å². The van der Waals surface area contributed by atoms with Crippen LogP contribution < -0.4 is 4.74 Å². The maximum absolute atomic E-state index is 13.6. The summed E-state index contributed by atoms with van der Waals surface area (Å²) in [5.41, 5.74) is 2.42. The molecule has 1 heterocycles. The minimum atomic E-state index is -0.402. The van der Waals surface area contributed by atoms with E-state index in [-0.39, 0.29) is 18.2 Å². The molecule has 0 atom stereocenters. The Bertz CT molecular complexity index is 545. The van der Waals surface area contributed by atoms with E-state index in [2.05, 4.69) is 4.98 Å². The van der Waals surface area contributed by atoms with Gasteiger partial charge in [-0.15, -0.1) is 11.6 Å². The number of halogens is 2. The molecule has 0 saturated heterocycles. The van der Waals surface area contributed by atoms with Gasteiger partial charge in [-0.25, -0.2) is 4.39 Å². The highest BCUT2D eigenvalue weighted by Crippen LogP contribution is 2.20. The van der Waals surface area contributed by atoms with Gasteiger partial charge in [-0.1, -0.05) is 12.1 Å². The quantitative estimate of drug-likeness (QED) is 0.784. The van der Waals surface area contributed by atoms with Crippen molar-refractivity contribution in [1.82, 2.24) is 4.98 Å². The highest BCUT2D eigenvalue weighted by Gasteiger charge is 2.05. The minimum absolute atomic E-state index is 0.215. The molecule has 2 rings (SSSR count). The number of nitrogens with zero attached hydrogens (tertiary/aromatic N) is 1. The summed E-state index contributed by atoms with van der Waals surface area (Å²) >= 11 is 5.62. The lowest BCUT2D eigenvalue weighted by atomic mass is 10.2. The van der Waals surface area contributed by atoms with E-state index in [1.54, 1.807) is 12.1 Å². The first kappa shape index (κ1) is 12.8. The Labute approximate surface area is 110 Å². The number of pyridine rings is 1. The molecule has 1 aromatic heterocycles. The predicted molar refractivity (Wildman–Crippen MR) is 69.3 cm³/mol. The van der Waals surface area contributed by atoms with Crippen molar-refractivity contribution in [1.29, 1.82) is 0 Å². The molecule has 0 bridgehead atoms. The summed E-state index contributed by atoms with van der Waals surface area (Å²) in [5, 5.41) is 0. The molecule has 0 amide bonds. The van der Waals surface area contributed by atoms with Crippen molar-refractivity contribution in [3.8, 4) is 5.75 Å². The average Bonchev–Trinajstić information content (AvgIpc) is 2.37. The summed E-state index contributed by atoms with van der Waals surface area (Å²) in [5.74, 6) is 0.101. The van der Waals surface area contributed by atoms with Crippen LogP contribution in [0.1, 0.15) is 17.0 Å². The lowest BCUT2D eigenvalue weighted by Gasteiger charge is -2.08. The molecule has 0 aliphatic carbocycles. The number of aromatic nitrogens is 1. The lowest BCUT2D eigenvalue weighted by Crippen LogP contribution is -2.00. The van der Waals surface area contributed by atoms with Crippen molar-refractivity contribution in [2.24, 2.45) is 0 Å². The lowest BCUT2D eigenvalue weighted by molar-refractivity contribution is 0.285. The van der Waals surface area contributed by atoms with Crippen molar-refractivity contribution in [2.45, 2.75) is 19.4 Å². The number of benzene rings is 1. The molecule has 2 nitrogen and oxygen atoms in total. The van der Waals surface area contributed by atoms with E-state index in [0.29, 0.717) is 0 Å². The summed E-state index contributed by atoms with van der Waals surface area (Å²) in [7, 11) is 0. The smallest absolute Gasteiger partial charge is 0.165 e. The highest BCUT2D eigenvalue weighted by molar-refractivity contribution is 6.17. The van der Waals surface area contributed by atoms with E-state index in [1.165, 1.54) is 6.07 Å². The molecule has 2 aromatic rings. The van der Waals surface area contributed by atoms with Crippen molar-refractivity contribution in [2.75, 3.05) is 0 Å². The average molecular weight is 266 g/mol. The van der Waals surface area contributed by atoms with Crippen molar-refractivity contribution < 1.29 is 9.13 Å². The Hall–Kier alpha value is -1.61. The van der Waals surface area contributed by atoms with Crippen LogP contribution in [0.4, 0.5) is 4.39 Å². The molecule has 0 aliphatic heterocycles. The number of hydrogen-bond donors (Lipinski definition) is 0. The summed E-state index contributed by atoms with van der Waals surface area (Å²) in [6, 6.07) is 10.4. The van der Waals surface area contributed by atoms with Crippen molar-refractivity contribution >= 4 is 11.6 Å². The van der Waals surface area contributed by atoms with Gasteiger partial charge in [0, 0.05) is 11.6 Å². The first-order chi connectivity index (χ1) is 8.69. The molecule has 0 N–H and O–H groups in total. The van der Waals surface area contributed by atoms with Gasteiger partial charge < -0.3 is 4.74 Å². The third-order valence-corrected chi connectivity index (χ3v) is 2.78. The van der Waals surface area contributed by atoms with Gasteiger partial charge in [0.15, 0.2) is 11.6 Å². The molecule has 0 fully saturated rings. The van der Waals surface area contributed by atoms with E-state index in [9.17, 15) is 4.39 Å². The monoisotopic (exact) mass is 265 g/mol. The zero-order chi connectivity index (χ0) is 13.0. The van der Waals surface area contributed by atoms with E-state index in [0.717, 1.165) is 17.0 Å². The third kappa shape index (κ3) is 3.20. The summed E-state index contributed by atoms with van der Waals surface area (Å²) in [6.45, 7) is 2.15. The zero-order valence-electron chi connectivity index (χ0n) is 9.99. The Morgan fingerprint density at radius 2 is 2.11 bits per heavy atom. The van der Waals surface area contributed by atoms with Gasteiger partial charge in [0.2, 0.25) is 0 Å². The van der Waals surface area contributed by atoms with Crippen LogP contribution in [-0.2, 0) is 12.5 Å². The third-order valence-electron chi connectivity index (χ3n) is 2.47. The number of ether oxygens (including phenoxy) is 1. The van der Waals surface area contributed by atoms with Crippen LogP contribution in [0, 0.1) is 12.7 Å². The number of hydrogen-bond acceptors (Lipinski definition) is 2. The fourth-order valence-corrected chi connectivity index (χ4v) is 1.74. The van der Waals surface area contributed by atoms with Crippen LogP contribution in [0.5, 0.6) is 5.75 Å². The number of aryl methyl sites for hydroxylation is 1. The van der Waals surface area contributed by atoms with E-state index < -0.39 is 5.82 Å². The summed E-state index contributed by atoms with van der Waals surface area (Å²) in [4.78, 5) is 4.28. The maximum Gasteiger partial charge on any atom is 0.165 e. The van der Waals surface area contributed by atoms with Crippen LogP contribution in [0.3, 0.4) is 0 Å². The molecule has 0 aliphatic rings. The van der Waals surface area contributed by atoms with Gasteiger partial charge in [0.25, 0.3) is 0 Å². The first-order valence-corrected chi connectivity index (χ1v) is 6.12. The van der Waals surface area contributed by atoms with Crippen LogP contribution in [0.15, 0.2) is 36.4 Å². The Morgan fingerprint density at radius 3 is 2.78 bits per heavy atom. The van der Waals surface area contributed by atoms with E-state index >= 15 is 0 Å². The van der Waals surface area contributed by atoms with Gasteiger partial charge in [-0.2, -0.15) is 0 Å². The Balaban J connectivity index is 2.06. The molecule has 94 valence electrons. The molecule has 0 saturated carbocycles. The van der Waals surface area contributed by atoms with Gasteiger partial charge in [0.1, 0.15) is 6.61 Å². The van der Waals surface area contributed by atoms with Gasteiger partial charge in [-0.3, -0.25) is 4.98 Å². The largest absolute Gasteiger partial charge is 0.484 e. The van der Waals surface area contributed by atoms with E-state index in [1.807, 2.05) is 25.1 Å². The van der Waals surface area contributed by atoms with E-state index in [4.69, 9.17) is 16.3 Å². The standard InChI is InChI=1S/C14H13ClFNO/c1-10-3-2-4-12(17-10)9-18-14-6-5-11(8-15)7-13(14)16/h2-7H,8-9H2,1H3. The SMILES string of the molecule is Cc1cccc(COc2ccc(CCl)cc2F)n1. The fourth-order valence-electron chi connectivity index (χ4n) is 1.58. The molecule has 0 unspecified atom stereocenters. The topological polar surface area (TPSA) is 22.1 Å². The van der Waals surface area contributed by atoms with Crippen LogP contribution in [0.2, 0.25) is 0 Å². The van der Waals surface area contributed by atoms with Gasteiger partial charge in [0.05, 0.1) is 5.69 Å². The maximum atomic E-state index is 13.6. The number of rotatable bonds is 4. The normalized spacial score (nSPS) is 10.4. The van der Waals surface area contributed by atoms with Gasteiger partial charge >= 0.3 is 0 Å². The van der Waals surface area contributed by atoms with Crippen molar-refractivity contribution in [3.63, 3.8) is 0 Å². The Morgan fingerprint density at radius 1 is 1.28 bits per heavy atom. The minimum Gasteiger partial charge on any atom is -0.484 e. The second-order valence-electron chi connectivity index (χ2n) is 3.96. The molecule has 1 aromatic carbocycles. The number of alkyl halides is 1. The summed E-state index contributed by atoms with van der Waals surface area (Å²) in [6.07, 6.45) is 0. The van der Waals surface area contributed by atoms with Crippen LogP contribution in [0.25, 0.3) is 0 Å². The van der Waals surface area contributed by atoms with Gasteiger partial charge in [-0.05, 0) is 36.8 Å². The fraction of sp³-hybridized carbons (Fsp3) is 0.214. The second kappa shape index (κ2) is 5.83. The highest BCUT2D eigenvalue weighted by atomic mass is 35.5. The molecular formula is C14H13ClFNO. The molecule has 4 heteroatoms. The second-order valence-corrected chi connectivity index (χ2v) is 4.22. The molecule has 18 heavy (non-hydrogen) atoms. The van der Waals surface area contributed by atoms with Crippen LogP contribution in [-0.4, -0.2) is 4.98 Å². The predicted octanol–water partition coefficient (Wildman–Crippen LogP) is 3.85. The molecular weight excluding hydrogens is 253 g/mol. The molecule has 0 radical (unpaired) electrons. The zero-order valence-corrected chi connectivity index (χ0v) is 10.7. The Kier molecular flexibility index (Phi) is 4.15. The first-order valence-electron chi connectivity index (χ1n) is 5.59.